The molecule has 0 bridgehead atoms. The molecule has 1 atom stereocenters. The zero-order valence-corrected chi connectivity index (χ0v) is 22.9. The van der Waals surface area contributed by atoms with Crippen LogP contribution in [0.4, 0.5) is 0 Å². The molecule has 2 aliphatic heterocycles. The molecular formula is C28H33Cl2N5O2. The highest BCUT2D eigenvalue weighted by molar-refractivity contribution is 6.36. The Morgan fingerprint density at radius 2 is 1.73 bits per heavy atom. The van der Waals surface area contributed by atoms with Crippen LogP contribution in [-0.2, 0) is 11.3 Å². The lowest BCUT2D eigenvalue weighted by Gasteiger charge is -2.39. The van der Waals surface area contributed by atoms with E-state index in [0.717, 1.165) is 49.3 Å². The number of imidazole rings is 1. The van der Waals surface area contributed by atoms with Crippen LogP contribution in [0.3, 0.4) is 0 Å². The number of piperidine rings is 1. The largest absolute Gasteiger partial charge is 0.339 e. The van der Waals surface area contributed by atoms with Gasteiger partial charge in [0.1, 0.15) is 5.82 Å². The first-order valence-electron chi connectivity index (χ1n) is 13.0. The third-order valence-electron chi connectivity index (χ3n) is 7.45. The van der Waals surface area contributed by atoms with Crippen molar-refractivity contribution in [3.8, 4) is 0 Å². The van der Waals surface area contributed by atoms with Crippen molar-refractivity contribution in [1.29, 1.82) is 0 Å². The summed E-state index contributed by atoms with van der Waals surface area (Å²) in [6.07, 6.45) is 1.89. The molecule has 2 fully saturated rings. The van der Waals surface area contributed by atoms with Gasteiger partial charge in [-0.1, -0.05) is 35.3 Å². The fourth-order valence-corrected chi connectivity index (χ4v) is 6.09. The maximum atomic E-state index is 13.4. The molecule has 196 valence electrons. The van der Waals surface area contributed by atoms with E-state index in [0.29, 0.717) is 47.8 Å². The molecule has 0 N–H and O–H groups in total. The molecule has 2 saturated heterocycles. The fourth-order valence-electron chi connectivity index (χ4n) is 5.60. The Kier molecular flexibility index (Phi) is 7.75. The average molecular weight is 543 g/mol. The number of rotatable bonds is 5. The van der Waals surface area contributed by atoms with Crippen LogP contribution < -0.4 is 0 Å². The van der Waals surface area contributed by atoms with Crippen LogP contribution in [0.1, 0.15) is 48.9 Å². The van der Waals surface area contributed by atoms with E-state index < -0.39 is 0 Å². The van der Waals surface area contributed by atoms with Crippen molar-refractivity contribution in [2.45, 2.75) is 39.3 Å². The van der Waals surface area contributed by atoms with Gasteiger partial charge in [0.05, 0.1) is 34.1 Å². The van der Waals surface area contributed by atoms with E-state index in [9.17, 15) is 9.59 Å². The second-order valence-electron chi connectivity index (χ2n) is 10.3. The molecule has 9 heteroatoms. The molecular weight excluding hydrogens is 509 g/mol. The Balaban J connectivity index is 1.20. The van der Waals surface area contributed by atoms with Gasteiger partial charge >= 0.3 is 0 Å². The zero-order valence-electron chi connectivity index (χ0n) is 21.4. The standard InChI is InChI=1S/C28H33Cl2N5O2/c1-19(2)35-25-8-4-3-7-24(25)31-26(35)18-32-11-5-6-20(17-32)27(36)33-12-14-34(15-13-33)28(37)22-10-9-21(29)16-23(22)30/h3-4,7-10,16,19-20H,5-6,11-15,17-18H2,1-2H3/t20-/m1/s1. The SMILES string of the molecule is CC(C)n1c(CN2CCC[C@@H](C(=O)N3CCN(C(=O)c4ccc(Cl)cc4Cl)CC3)C2)nc2ccccc21. The number of piperazine rings is 1. The van der Waals surface area contributed by atoms with Gasteiger partial charge in [-0.3, -0.25) is 14.5 Å². The van der Waals surface area contributed by atoms with Gasteiger partial charge in [0.25, 0.3) is 5.91 Å². The maximum Gasteiger partial charge on any atom is 0.255 e. The van der Waals surface area contributed by atoms with E-state index in [-0.39, 0.29) is 17.7 Å². The van der Waals surface area contributed by atoms with Crippen LogP contribution in [0, 0.1) is 5.92 Å². The molecule has 7 nitrogen and oxygen atoms in total. The Hall–Kier alpha value is -2.61. The summed E-state index contributed by atoms with van der Waals surface area (Å²) in [6, 6.07) is 13.5. The number of para-hydroxylation sites is 2. The Morgan fingerprint density at radius 3 is 2.46 bits per heavy atom. The van der Waals surface area contributed by atoms with Crippen LogP contribution >= 0.6 is 23.2 Å². The van der Waals surface area contributed by atoms with E-state index in [4.69, 9.17) is 28.2 Å². The van der Waals surface area contributed by atoms with Crippen LogP contribution in [0.15, 0.2) is 42.5 Å². The van der Waals surface area contributed by atoms with E-state index in [2.05, 4.69) is 41.5 Å². The molecule has 0 unspecified atom stereocenters. The van der Waals surface area contributed by atoms with Gasteiger partial charge in [0.15, 0.2) is 0 Å². The van der Waals surface area contributed by atoms with Gasteiger partial charge in [0.2, 0.25) is 5.91 Å². The van der Waals surface area contributed by atoms with Gasteiger partial charge in [-0.2, -0.15) is 0 Å². The van der Waals surface area contributed by atoms with Crippen molar-refractivity contribution in [3.05, 3.63) is 63.9 Å². The first-order valence-corrected chi connectivity index (χ1v) is 13.8. The molecule has 37 heavy (non-hydrogen) atoms. The molecule has 0 radical (unpaired) electrons. The molecule has 3 heterocycles. The quantitative estimate of drug-likeness (QED) is 0.449. The molecule has 3 aromatic rings. The second kappa shape index (κ2) is 11.0. The number of amides is 2. The van der Waals surface area contributed by atoms with Gasteiger partial charge in [-0.25, -0.2) is 4.98 Å². The van der Waals surface area contributed by atoms with Crippen molar-refractivity contribution < 1.29 is 9.59 Å². The molecule has 0 aliphatic carbocycles. The third kappa shape index (κ3) is 5.49. The summed E-state index contributed by atoms with van der Waals surface area (Å²) in [5.41, 5.74) is 2.62. The Morgan fingerprint density at radius 1 is 1.00 bits per heavy atom. The lowest BCUT2D eigenvalue weighted by molar-refractivity contribution is -0.139. The van der Waals surface area contributed by atoms with E-state index in [1.807, 2.05) is 11.0 Å². The molecule has 1 aromatic heterocycles. The number of likely N-dealkylation sites (tertiary alicyclic amines) is 1. The maximum absolute atomic E-state index is 13.4. The minimum atomic E-state index is -0.120. The Labute approximate surface area is 227 Å². The summed E-state index contributed by atoms with van der Waals surface area (Å²) in [5, 5.41) is 0.851. The lowest BCUT2D eigenvalue weighted by atomic mass is 9.96. The molecule has 2 amide bonds. The van der Waals surface area contributed by atoms with Crippen molar-refractivity contribution >= 4 is 46.0 Å². The predicted molar refractivity (Wildman–Crippen MR) is 147 cm³/mol. The summed E-state index contributed by atoms with van der Waals surface area (Å²) in [4.78, 5) is 37.4. The van der Waals surface area contributed by atoms with Crippen molar-refractivity contribution in [3.63, 3.8) is 0 Å². The minimum absolute atomic E-state index is 0.0291. The lowest BCUT2D eigenvalue weighted by Crippen LogP contribution is -2.53. The predicted octanol–water partition coefficient (Wildman–Crippen LogP) is 5.12. The summed E-state index contributed by atoms with van der Waals surface area (Å²) in [6.45, 7) is 8.88. The monoisotopic (exact) mass is 541 g/mol. The number of nitrogens with zero attached hydrogens (tertiary/aromatic N) is 5. The van der Waals surface area contributed by atoms with Crippen LogP contribution in [0.2, 0.25) is 10.0 Å². The number of benzene rings is 2. The third-order valence-corrected chi connectivity index (χ3v) is 7.99. The molecule has 5 rings (SSSR count). The first-order chi connectivity index (χ1) is 17.8. The number of carbonyl (C=O) groups excluding carboxylic acids is 2. The van der Waals surface area contributed by atoms with Crippen molar-refractivity contribution in [2.75, 3.05) is 39.3 Å². The second-order valence-corrected chi connectivity index (χ2v) is 11.1. The highest BCUT2D eigenvalue weighted by Gasteiger charge is 2.33. The average Bonchev–Trinajstić information content (AvgIpc) is 3.26. The van der Waals surface area contributed by atoms with Gasteiger partial charge in [-0.05, 0) is 63.6 Å². The van der Waals surface area contributed by atoms with Gasteiger partial charge in [-0.15, -0.1) is 0 Å². The number of aromatic nitrogens is 2. The van der Waals surface area contributed by atoms with Crippen molar-refractivity contribution in [1.82, 2.24) is 24.3 Å². The summed E-state index contributed by atoms with van der Waals surface area (Å²) < 4.78 is 2.31. The zero-order chi connectivity index (χ0) is 26.1. The summed E-state index contributed by atoms with van der Waals surface area (Å²) >= 11 is 12.2. The highest BCUT2D eigenvalue weighted by Crippen LogP contribution is 2.26. The van der Waals surface area contributed by atoms with Crippen molar-refractivity contribution in [2.24, 2.45) is 5.92 Å². The van der Waals surface area contributed by atoms with E-state index in [1.165, 1.54) is 0 Å². The van der Waals surface area contributed by atoms with E-state index >= 15 is 0 Å². The summed E-state index contributed by atoms with van der Waals surface area (Å²) in [5.74, 6) is 1.10. The van der Waals surface area contributed by atoms with Crippen LogP contribution in [0.25, 0.3) is 11.0 Å². The number of halogens is 2. The number of hydrogen-bond donors (Lipinski definition) is 0. The first kappa shape index (κ1) is 26.0. The topological polar surface area (TPSA) is 61.7 Å². The molecule has 0 saturated carbocycles. The molecule has 0 spiro atoms. The molecule has 2 aromatic carbocycles. The van der Waals surface area contributed by atoms with Crippen LogP contribution in [-0.4, -0.2) is 75.3 Å². The highest BCUT2D eigenvalue weighted by atomic mass is 35.5. The summed E-state index contributed by atoms with van der Waals surface area (Å²) in [7, 11) is 0. The Bertz CT molecular complexity index is 1300. The molecule has 2 aliphatic rings. The smallest absolute Gasteiger partial charge is 0.255 e. The normalized spacial score (nSPS) is 19.1. The minimum Gasteiger partial charge on any atom is -0.339 e. The van der Waals surface area contributed by atoms with E-state index in [1.54, 1.807) is 23.1 Å². The number of carbonyl (C=O) groups is 2. The van der Waals surface area contributed by atoms with Crippen LogP contribution in [0.5, 0.6) is 0 Å². The number of fused-ring (bicyclic) bond motifs is 1. The van der Waals surface area contributed by atoms with Gasteiger partial charge in [0, 0.05) is 43.8 Å². The van der Waals surface area contributed by atoms with Gasteiger partial charge < -0.3 is 14.4 Å². The fraction of sp³-hybridized carbons (Fsp3) is 0.464. The number of hydrogen-bond acceptors (Lipinski definition) is 4.